The van der Waals surface area contributed by atoms with Gasteiger partial charge < -0.3 is 5.32 Å². The van der Waals surface area contributed by atoms with Crippen molar-refractivity contribution in [3.05, 3.63) is 57.4 Å². The van der Waals surface area contributed by atoms with E-state index in [1.165, 1.54) is 24.3 Å². The van der Waals surface area contributed by atoms with E-state index in [2.05, 4.69) is 5.32 Å². The molecule has 0 saturated carbocycles. The second-order valence-corrected chi connectivity index (χ2v) is 7.33. The molecule has 7 heteroatoms. The highest BCUT2D eigenvalue weighted by Crippen LogP contribution is 2.25. The molecule has 2 aromatic rings. The van der Waals surface area contributed by atoms with Crippen molar-refractivity contribution in [1.29, 1.82) is 0 Å². The first-order valence-corrected chi connectivity index (χ1v) is 8.74. The van der Waals surface area contributed by atoms with Gasteiger partial charge in [0.05, 0.1) is 4.90 Å². The quantitative estimate of drug-likeness (QED) is 0.747. The van der Waals surface area contributed by atoms with E-state index < -0.39 is 10.0 Å². The minimum Gasteiger partial charge on any atom is -0.378 e. The maximum Gasteiger partial charge on any atom is 0.238 e. The maximum atomic E-state index is 13.1. The minimum absolute atomic E-state index is 0.0717. The number of anilines is 1. The van der Waals surface area contributed by atoms with Gasteiger partial charge in [-0.3, -0.25) is 0 Å². The summed E-state index contributed by atoms with van der Waals surface area (Å²) < 4.78 is 36.6. The summed E-state index contributed by atoms with van der Waals surface area (Å²) in [6.07, 6.45) is 0. The summed E-state index contributed by atoms with van der Waals surface area (Å²) >= 11 is 2.04. The fourth-order valence-electron chi connectivity index (χ4n) is 1.88. The van der Waals surface area contributed by atoms with Gasteiger partial charge in [-0.15, -0.1) is 0 Å². The molecule has 3 N–H and O–H groups in total. The van der Waals surface area contributed by atoms with E-state index in [0.29, 0.717) is 0 Å². The van der Waals surface area contributed by atoms with Crippen LogP contribution in [0.4, 0.5) is 10.1 Å². The van der Waals surface area contributed by atoms with Gasteiger partial charge in [0.2, 0.25) is 10.0 Å². The predicted molar refractivity (Wildman–Crippen MR) is 89.0 cm³/mol. The molecule has 0 radical (unpaired) electrons. The molecule has 112 valence electrons. The predicted octanol–water partition coefficient (Wildman–Crippen LogP) is 3.25. The molecule has 21 heavy (non-hydrogen) atoms. The Morgan fingerprint density at radius 2 is 1.95 bits per heavy atom. The van der Waals surface area contributed by atoms with Gasteiger partial charge in [-0.25, -0.2) is 17.9 Å². The van der Waals surface area contributed by atoms with Gasteiger partial charge in [0.1, 0.15) is 5.82 Å². The summed E-state index contributed by atoms with van der Waals surface area (Å²) in [7, 11) is -3.72. The van der Waals surface area contributed by atoms with Gasteiger partial charge in [-0.05, 0) is 65.4 Å². The second-order valence-electron chi connectivity index (χ2n) is 4.61. The Hall–Kier alpha value is -1.19. The molecule has 0 spiro atoms. The molecule has 1 unspecified atom stereocenters. The summed E-state index contributed by atoms with van der Waals surface area (Å²) in [5, 5.41) is 8.35. The lowest BCUT2D eigenvalue weighted by atomic mass is 10.1. The van der Waals surface area contributed by atoms with Gasteiger partial charge in [-0.2, -0.15) is 0 Å². The van der Waals surface area contributed by atoms with Crippen LogP contribution in [0.1, 0.15) is 18.5 Å². The maximum absolute atomic E-state index is 13.1. The van der Waals surface area contributed by atoms with E-state index >= 15 is 0 Å². The van der Waals surface area contributed by atoms with E-state index in [1.54, 1.807) is 12.1 Å². The lowest BCUT2D eigenvalue weighted by Gasteiger charge is -2.17. The molecule has 2 aromatic carbocycles. The number of sulfonamides is 1. The molecule has 0 aliphatic carbocycles. The van der Waals surface area contributed by atoms with Crippen molar-refractivity contribution < 1.29 is 12.8 Å². The Bertz CT molecular complexity index is 765. The van der Waals surface area contributed by atoms with Gasteiger partial charge in [0, 0.05) is 15.3 Å². The average Bonchev–Trinajstić information content (AvgIpc) is 2.41. The first-order valence-electron chi connectivity index (χ1n) is 6.12. The fourth-order valence-corrected chi connectivity index (χ4v) is 3.09. The average molecular weight is 420 g/mol. The van der Waals surface area contributed by atoms with Crippen LogP contribution in [0.15, 0.2) is 47.4 Å². The molecule has 1 atom stereocenters. The minimum atomic E-state index is -3.72. The number of primary sulfonamides is 1. The third-order valence-electron chi connectivity index (χ3n) is 2.99. The van der Waals surface area contributed by atoms with Crippen LogP contribution >= 0.6 is 22.6 Å². The Morgan fingerprint density at radius 1 is 1.24 bits per heavy atom. The van der Waals surface area contributed by atoms with E-state index in [4.69, 9.17) is 5.14 Å². The van der Waals surface area contributed by atoms with Crippen molar-refractivity contribution in [3.8, 4) is 0 Å². The van der Waals surface area contributed by atoms with E-state index in [1.807, 2.05) is 35.6 Å². The third kappa shape index (κ3) is 4.14. The molecule has 0 saturated heterocycles. The number of hydrogen-bond acceptors (Lipinski definition) is 3. The molecule has 4 nitrogen and oxygen atoms in total. The summed E-state index contributed by atoms with van der Waals surface area (Å²) in [6, 6.07) is 10.7. The Balaban J connectivity index is 2.26. The number of benzene rings is 2. The normalized spacial score (nSPS) is 13.0. The van der Waals surface area contributed by atoms with Crippen LogP contribution in [-0.2, 0) is 10.0 Å². The first-order chi connectivity index (χ1) is 9.77. The highest BCUT2D eigenvalue weighted by molar-refractivity contribution is 14.1. The lowest BCUT2D eigenvalue weighted by Crippen LogP contribution is -2.14. The van der Waals surface area contributed by atoms with Crippen molar-refractivity contribution in [3.63, 3.8) is 0 Å². The molecule has 0 bridgehead atoms. The molecular formula is C14H14FIN2O2S. The van der Waals surface area contributed by atoms with Crippen LogP contribution in [0.25, 0.3) is 0 Å². The van der Waals surface area contributed by atoms with Crippen LogP contribution in [0.2, 0.25) is 0 Å². The molecule has 0 aliphatic rings. The molecule has 2 rings (SSSR count). The molecule has 0 fully saturated rings. The second kappa shape index (κ2) is 6.29. The highest BCUT2D eigenvalue weighted by atomic mass is 127. The van der Waals surface area contributed by atoms with Gasteiger partial charge in [0.25, 0.3) is 0 Å². The zero-order valence-electron chi connectivity index (χ0n) is 11.2. The van der Waals surface area contributed by atoms with E-state index in [9.17, 15) is 12.8 Å². The van der Waals surface area contributed by atoms with Crippen molar-refractivity contribution in [2.75, 3.05) is 5.32 Å². The van der Waals surface area contributed by atoms with Crippen LogP contribution < -0.4 is 10.5 Å². The lowest BCUT2D eigenvalue weighted by molar-refractivity contribution is 0.597. The number of nitrogens with two attached hydrogens (primary N) is 1. The first kappa shape index (κ1) is 16.2. The zero-order chi connectivity index (χ0) is 15.6. The van der Waals surface area contributed by atoms with Crippen molar-refractivity contribution in [1.82, 2.24) is 0 Å². The zero-order valence-corrected chi connectivity index (χ0v) is 14.2. The fraction of sp³-hybridized carbons (Fsp3) is 0.143. The van der Waals surface area contributed by atoms with Crippen molar-refractivity contribution >= 4 is 38.3 Å². The Morgan fingerprint density at radius 3 is 2.57 bits per heavy atom. The number of hydrogen-bond donors (Lipinski definition) is 2. The standard InChI is InChI=1S/C14H14FIN2O2S/c1-9(18-14-6-5-11(15)8-13(14)16)10-3-2-4-12(7-10)21(17,19)20/h2-9,18H,1H3,(H2,17,19,20). The van der Waals surface area contributed by atoms with Crippen LogP contribution in [0, 0.1) is 9.39 Å². The van der Waals surface area contributed by atoms with Gasteiger partial charge in [-0.1, -0.05) is 12.1 Å². The van der Waals surface area contributed by atoms with Crippen LogP contribution in [-0.4, -0.2) is 8.42 Å². The van der Waals surface area contributed by atoms with Gasteiger partial charge >= 0.3 is 0 Å². The summed E-state index contributed by atoms with van der Waals surface area (Å²) in [6.45, 7) is 1.89. The highest BCUT2D eigenvalue weighted by Gasteiger charge is 2.12. The Labute approximate surface area is 136 Å². The summed E-state index contributed by atoms with van der Waals surface area (Å²) in [5.74, 6) is -0.297. The topological polar surface area (TPSA) is 72.2 Å². The van der Waals surface area contributed by atoms with Gasteiger partial charge in [0.15, 0.2) is 0 Å². The molecule has 0 aromatic heterocycles. The smallest absolute Gasteiger partial charge is 0.238 e. The number of halogens is 2. The van der Waals surface area contributed by atoms with Crippen molar-refractivity contribution in [2.45, 2.75) is 17.9 Å². The third-order valence-corrected chi connectivity index (χ3v) is 4.79. The molecule has 0 amide bonds. The molecular weight excluding hydrogens is 406 g/mol. The SMILES string of the molecule is CC(Nc1ccc(F)cc1I)c1cccc(S(N)(=O)=O)c1. The Kier molecular flexibility index (Phi) is 4.84. The van der Waals surface area contributed by atoms with Crippen LogP contribution in [0.3, 0.4) is 0 Å². The number of nitrogens with one attached hydrogen (secondary N) is 1. The van der Waals surface area contributed by atoms with Crippen LogP contribution in [0.5, 0.6) is 0 Å². The summed E-state index contributed by atoms with van der Waals surface area (Å²) in [5.41, 5.74) is 1.56. The monoisotopic (exact) mass is 420 g/mol. The van der Waals surface area contributed by atoms with E-state index in [-0.39, 0.29) is 16.8 Å². The summed E-state index contributed by atoms with van der Waals surface area (Å²) in [4.78, 5) is 0.0717. The molecule has 0 aliphatic heterocycles. The largest absolute Gasteiger partial charge is 0.378 e. The van der Waals surface area contributed by atoms with E-state index in [0.717, 1.165) is 14.8 Å². The number of rotatable bonds is 4. The molecule has 0 heterocycles. The van der Waals surface area contributed by atoms with Crippen molar-refractivity contribution in [2.24, 2.45) is 5.14 Å².